The lowest BCUT2D eigenvalue weighted by Crippen LogP contribution is -2.54. The number of hydrogen-bond donors (Lipinski definition) is 1. The largest absolute Gasteiger partial charge is 0.309 e. The molecule has 0 aliphatic carbocycles. The van der Waals surface area contributed by atoms with E-state index in [1.807, 2.05) is 24.0 Å². The molecule has 1 saturated heterocycles. The van der Waals surface area contributed by atoms with Crippen molar-refractivity contribution >= 4 is 33.3 Å². The van der Waals surface area contributed by atoms with Crippen molar-refractivity contribution in [1.82, 2.24) is 14.2 Å². The molecule has 1 aromatic heterocycles. The number of aryl methyl sites for hydroxylation is 2. The summed E-state index contributed by atoms with van der Waals surface area (Å²) in [7, 11) is -3.55. The summed E-state index contributed by atoms with van der Waals surface area (Å²) in [5.41, 5.74) is 1.65. The quantitative estimate of drug-likeness (QED) is 0.779. The second-order valence-corrected chi connectivity index (χ2v) is 9.58. The third-order valence-electron chi connectivity index (χ3n) is 5.14. The molecular weight excluding hydrogens is 412 g/mol. The second kappa shape index (κ2) is 8.79. The molecule has 1 N–H and O–H groups in total. The molecule has 1 aliphatic heterocycles. The first kappa shape index (κ1) is 21.7. The van der Waals surface area contributed by atoms with Gasteiger partial charge >= 0.3 is 0 Å². The molecule has 9 heteroatoms. The fourth-order valence-corrected chi connectivity index (χ4v) is 5.15. The maximum atomic E-state index is 13.0. The van der Waals surface area contributed by atoms with Crippen LogP contribution < -0.4 is 5.32 Å². The predicted molar refractivity (Wildman–Crippen MR) is 114 cm³/mol. The second-order valence-electron chi connectivity index (χ2n) is 7.24. The number of rotatable bonds is 5. The molecule has 0 saturated carbocycles. The molecule has 0 radical (unpaired) electrons. The zero-order valence-electron chi connectivity index (χ0n) is 16.7. The number of nitrogens with zero attached hydrogens (tertiary/aromatic N) is 3. The van der Waals surface area contributed by atoms with Crippen LogP contribution in [0, 0.1) is 13.8 Å². The molecule has 0 unspecified atom stereocenters. The number of sulfonamides is 1. The molecule has 2 heterocycles. The van der Waals surface area contributed by atoms with Crippen molar-refractivity contribution in [2.75, 3.05) is 31.5 Å². The van der Waals surface area contributed by atoms with E-state index in [0.717, 1.165) is 11.1 Å². The van der Waals surface area contributed by atoms with Crippen molar-refractivity contribution in [1.29, 1.82) is 0 Å². The molecule has 1 aliphatic rings. The zero-order valence-corrected chi connectivity index (χ0v) is 18.3. The molecular formula is C20H25ClN4O3S. The van der Waals surface area contributed by atoms with Gasteiger partial charge in [-0.25, -0.2) is 13.4 Å². The molecule has 0 bridgehead atoms. The van der Waals surface area contributed by atoms with Gasteiger partial charge in [0.1, 0.15) is 5.82 Å². The Balaban J connectivity index is 1.62. The van der Waals surface area contributed by atoms with Gasteiger partial charge in [-0.15, -0.1) is 0 Å². The Labute approximate surface area is 176 Å². The Morgan fingerprint density at radius 3 is 2.45 bits per heavy atom. The van der Waals surface area contributed by atoms with E-state index >= 15 is 0 Å². The van der Waals surface area contributed by atoms with E-state index in [2.05, 4.69) is 10.3 Å². The summed E-state index contributed by atoms with van der Waals surface area (Å²) in [5, 5.41) is 3.26. The molecule has 29 heavy (non-hydrogen) atoms. The first-order chi connectivity index (χ1) is 13.7. The van der Waals surface area contributed by atoms with Crippen LogP contribution in [-0.4, -0.2) is 60.7 Å². The monoisotopic (exact) mass is 436 g/mol. The van der Waals surface area contributed by atoms with Gasteiger partial charge < -0.3 is 5.32 Å². The van der Waals surface area contributed by atoms with Crippen LogP contribution >= 0.6 is 11.6 Å². The Hall–Kier alpha value is -2.00. The summed E-state index contributed by atoms with van der Waals surface area (Å²) in [5.74, 6) is 0.244. The minimum atomic E-state index is -3.55. The van der Waals surface area contributed by atoms with Gasteiger partial charge in [0.15, 0.2) is 0 Å². The minimum absolute atomic E-state index is 0.189. The number of nitrogens with one attached hydrogen (secondary N) is 1. The van der Waals surface area contributed by atoms with Crippen LogP contribution in [0.15, 0.2) is 41.4 Å². The number of aromatic nitrogens is 1. The summed E-state index contributed by atoms with van der Waals surface area (Å²) in [6.07, 6.45) is 1.47. The molecule has 1 atom stereocenters. The lowest BCUT2D eigenvalue weighted by atomic mass is 10.2. The van der Waals surface area contributed by atoms with E-state index in [1.165, 1.54) is 10.5 Å². The lowest BCUT2D eigenvalue weighted by molar-refractivity contribution is -0.121. The zero-order chi connectivity index (χ0) is 21.2. The first-order valence-electron chi connectivity index (χ1n) is 9.42. The Bertz CT molecular complexity index is 987. The maximum Gasteiger partial charge on any atom is 0.243 e. The van der Waals surface area contributed by atoms with Gasteiger partial charge in [0.2, 0.25) is 15.9 Å². The SMILES string of the molecule is Cc1ccc(C)c(S(=O)(=O)N2CCN([C@H](C)C(=O)Nc3ccc(Cl)cn3)CC2)c1. The lowest BCUT2D eigenvalue weighted by Gasteiger charge is -2.36. The fraction of sp³-hybridized carbons (Fsp3) is 0.400. The number of piperazine rings is 1. The van der Waals surface area contributed by atoms with Gasteiger partial charge in [-0.3, -0.25) is 9.69 Å². The summed E-state index contributed by atoms with van der Waals surface area (Å²) in [4.78, 5) is 18.9. The van der Waals surface area contributed by atoms with Gasteiger partial charge in [0.25, 0.3) is 0 Å². The molecule has 156 valence electrons. The molecule has 2 aromatic rings. The van der Waals surface area contributed by atoms with E-state index in [4.69, 9.17) is 11.6 Å². The Kier molecular flexibility index (Phi) is 6.58. The Morgan fingerprint density at radius 1 is 1.14 bits per heavy atom. The van der Waals surface area contributed by atoms with Crippen molar-refractivity contribution in [2.45, 2.75) is 31.7 Å². The van der Waals surface area contributed by atoms with E-state index < -0.39 is 16.1 Å². The fourth-order valence-electron chi connectivity index (χ4n) is 3.30. The molecule has 7 nitrogen and oxygen atoms in total. The summed E-state index contributed by atoms with van der Waals surface area (Å²) in [6.45, 7) is 7.13. The minimum Gasteiger partial charge on any atom is -0.309 e. The number of carbonyl (C=O) groups is 1. The van der Waals surface area contributed by atoms with Crippen molar-refractivity contribution in [3.05, 3.63) is 52.7 Å². The van der Waals surface area contributed by atoms with Crippen LogP contribution in [0.4, 0.5) is 5.82 Å². The van der Waals surface area contributed by atoms with Crippen molar-refractivity contribution < 1.29 is 13.2 Å². The number of amides is 1. The highest BCUT2D eigenvalue weighted by atomic mass is 35.5. The van der Waals surface area contributed by atoms with Crippen molar-refractivity contribution in [2.24, 2.45) is 0 Å². The number of halogens is 1. The number of anilines is 1. The molecule has 0 spiro atoms. The topological polar surface area (TPSA) is 82.6 Å². The number of benzene rings is 1. The predicted octanol–water partition coefficient (Wildman–Crippen LogP) is 2.69. The standard InChI is InChI=1S/C20H25ClN4O3S/c1-14-4-5-15(2)18(12-14)29(27,28)25-10-8-24(9-11-25)16(3)20(26)23-19-7-6-17(21)13-22-19/h4-7,12-13,16H,8-11H2,1-3H3,(H,22,23,26)/t16-/m1/s1. The molecule has 1 aromatic carbocycles. The van der Waals surface area contributed by atoms with Crippen LogP contribution in [0.25, 0.3) is 0 Å². The Morgan fingerprint density at radius 2 is 1.83 bits per heavy atom. The van der Waals surface area contributed by atoms with E-state index in [1.54, 1.807) is 32.0 Å². The summed E-state index contributed by atoms with van der Waals surface area (Å²) < 4.78 is 27.6. The highest BCUT2D eigenvalue weighted by molar-refractivity contribution is 7.89. The summed E-state index contributed by atoms with van der Waals surface area (Å²) >= 11 is 5.81. The van der Waals surface area contributed by atoms with Crippen LogP contribution in [0.3, 0.4) is 0 Å². The van der Waals surface area contributed by atoms with Gasteiger partial charge in [-0.1, -0.05) is 23.7 Å². The van der Waals surface area contributed by atoms with E-state index in [9.17, 15) is 13.2 Å². The number of carbonyl (C=O) groups excluding carboxylic acids is 1. The average molecular weight is 437 g/mol. The number of pyridine rings is 1. The average Bonchev–Trinajstić information content (AvgIpc) is 2.71. The number of hydrogen-bond acceptors (Lipinski definition) is 5. The third kappa shape index (κ3) is 4.95. The molecule has 3 rings (SSSR count). The van der Waals surface area contributed by atoms with Gasteiger partial charge in [0.05, 0.1) is 16.0 Å². The highest BCUT2D eigenvalue weighted by Gasteiger charge is 2.32. The van der Waals surface area contributed by atoms with E-state index in [0.29, 0.717) is 41.9 Å². The maximum absolute atomic E-state index is 13.0. The highest BCUT2D eigenvalue weighted by Crippen LogP contribution is 2.23. The molecule has 1 amide bonds. The van der Waals surface area contributed by atoms with Gasteiger partial charge in [-0.05, 0) is 50.1 Å². The first-order valence-corrected chi connectivity index (χ1v) is 11.2. The summed E-state index contributed by atoms with van der Waals surface area (Å²) in [6, 6.07) is 8.34. The van der Waals surface area contributed by atoms with Gasteiger partial charge in [0, 0.05) is 32.4 Å². The molecule has 1 fully saturated rings. The van der Waals surface area contributed by atoms with Crippen LogP contribution in [0.5, 0.6) is 0 Å². The van der Waals surface area contributed by atoms with Gasteiger partial charge in [-0.2, -0.15) is 4.31 Å². The smallest absolute Gasteiger partial charge is 0.243 e. The van der Waals surface area contributed by atoms with E-state index in [-0.39, 0.29) is 5.91 Å². The third-order valence-corrected chi connectivity index (χ3v) is 7.40. The van der Waals surface area contributed by atoms with Crippen LogP contribution in [0.1, 0.15) is 18.1 Å². The normalized spacial score (nSPS) is 17.1. The van der Waals surface area contributed by atoms with Crippen molar-refractivity contribution in [3.8, 4) is 0 Å². The van der Waals surface area contributed by atoms with Crippen LogP contribution in [0.2, 0.25) is 5.02 Å². The van der Waals surface area contributed by atoms with Crippen LogP contribution in [-0.2, 0) is 14.8 Å². The van der Waals surface area contributed by atoms with Crippen molar-refractivity contribution in [3.63, 3.8) is 0 Å².